The van der Waals surface area contributed by atoms with Crippen LogP contribution in [0, 0.1) is 0 Å². The molecule has 1 aromatic heterocycles. The number of carbonyl (C=O) groups is 1. The normalized spacial score (nSPS) is 10.2. The van der Waals surface area contributed by atoms with Crippen LogP contribution < -0.4 is 10.1 Å². The molecule has 0 unspecified atom stereocenters. The van der Waals surface area contributed by atoms with Crippen LogP contribution in [0.15, 0.2) is 30.6 Å². The van der Waals surface area contributed by atoms with E-state index in [0.29, 0.717) is 17.3 Å². The summed E-state index contributed by atoms with van der Waals surface area (Å²) in [5, 5.41) is 9.77. The summed E-state index contributed by atoms with van der Waals surface area (Å²) in [4.78, 5) is 15.6. The molecule has 0 radical (unpaired) electrons. The minimum Gasteiger partial charge on any atom is -0.482 e. The molecule has 1 amide bonds. The maximum Gasteiger partial charge on any atom is 0.257 e. The van der Waals surface area contributed by atoms with Gasteiger partial charge in [0, 0.05) is 13.0 Å². The first-order valence-electron chi connectivity index (χ1n) is 6.24. The number of aryl methyl sites for hydroxylation is 1. The van der Waals surface area contributed by atoms with E-state index in [2.05, 4.69) is 20.5 Å². The zero-order valence-electron chi connectivity index (χ0n) is 10.8. The van der Waals surface area contributed by atoms with Crippen LogP contribution >= 0.6 is 11.6 Å². The number of nitrogens with zero attached hydrogens (tertiary/aromatic N) is 2. The van der Waals surface area contributed by atoms with E-state index < -0.39 is 0 Å². The standard InChI is InChI=1S/C13H15ClN4O2/c14-10-4-1-2-5-11(10)20-8-13(19)15-7-3-6-12-16-9-17-18-12/h1-2,4-5,9H,3,6-8H2,(H,15,19)(H,16,17,18). The van der Waals surface area contributed by atoms with Crippen LogP contribution in [0.1, 0.15) is 12.2 Å². The molecule has 6 nitrogen and oxygen atoms in total. The highest BCUT2D eigenvalue weighted by molar-refractivity contribution is 6.32. The number of halogens is 1. The number of amides is 1. The van der Waals surface area contributed by atoms with E-state index in [-0.39, 0.29) is 12.5 Å². The van der Waals surface area contributed by atoms with Gasteiger partial charge in [0.1, 0.15) is 17.9 Å². The minimum absolute atomic E-state index is 0.0496. The first-order valence-corrected chi connectivity index (χ1v) is 6.62. The van der Waals surface area contributed by atoms with Gasteiger partial charge in [-0.05, 0) is 18.6 Å². The molecule has 0 aliphatic heterocycles. The van der Waals surface area contributed by atoms with Gasteiger partial charge in [-0.15, -0.1) is 0 Å². The number of hydrogen-bond acceptors (Lipinski definition) is 4. The maximum atomic E-state index is 11.6. The largest absolute Gasteiger partial charge is 0.482 e. The van der Waals surface area contributed by atoms with Crippen molar-refractivity contribution in [2.24, 2.45) is 0 Å². The van der Waals surface area contributed by atoms with E-state index >= 15 is 0 Å². The second kappa shape index (κ2) is 7.49. The molecule has 0 bridgehead atoms. The van der Waals surface area contributed by atoms with Crippen molar-refractivity contribution in [1.29, 1.82) is 0 Å². The molecule has 0 atom stereocenters. The number of aromatic amines is 1. The molecule has 20 heavy (non-hydrogen) atoms. The van der Waals surface area contributed by atoms with Crippen molar-refractivity contribution in [1.82, 2.24) is 20.5 Å². The summed E-state index contributed by atoms with van der Waals surface area (Å²) in [6.45, 7) is 0.511. The van der Waals surface area contributed by atoms with E-state index in [0.717, 1.165) is 18.7 Å². The SMILES string of the molecule is O=C(COc1ccccc1Cl)NCCCc1ncn[nH]1. The molecule has 2 aromatic rings. The van der Waals surface area contributed by atoms with Crippen molar-refractivity contribution in [3.05, 3.63) is 41.4 Å². The Balaban J connectivity index is 1.62. The summed E-state index contributed by atoms with van der Waals surface area (Å²) in [6, 6.07) is 7.04. The number of benzene rings is 1. The summed E-state index contributed by atoms with van der Waals surface area (Å²) < 4.78 is 5.33. The van der Waals surface area contributed by atoms with Gasteiger partial charge in [0.15, 0.2) is 6.61 Å². The van der Waals surface area contributed by atoms with Crippen molar-refractivity contribution in [3.8, 4) is 5.75 Å². The highest BCUT2D eigenvalue weighted by atomic mass is 35.5. The van der Waals surface area contributed by atoms with E-state index in [1.54, 1.807) is 24.3 Å². The van der Waals surface area contributed by atoms with Gasteiger partial charge in [0.2, 0.25) is 0 Å². The number of nitrogens with one attached hydrogen (secondary N) is 2. The summed E-state index contributed by atoms with van der Waals surface area (Å²) >= 11 is 5.92. The first-order chi connectivity index (χ1) is 9.75. The third kappa shape index (κ3) is 4.55. The highest BCUT2D eigenvalue weighted by Crippen LogP contribution is 2.22. The number of hydrogen-bond donors (Lipinski definition) is 2. The molecule has 1 aromatic carbocycles. The van der Waals surface area contributed by atoms with Crippen molar-refractivity contribution in [2.45, 2.75) is 12.8 Å². The Kier molecular flexibility index (Phi) is 5.37. The van der Waals surface area contributed by atoms with Crippen LogP contribution in [0.3, 0.4) is 0 Å². The molecular weight excluding hydrogens is 280 g/mol. The van der Waals surface area contributed by atoms with Crippen molar-refractivity contribution >= 4 is 17.5 Å². The van der Waals surface area contributed by atoms with Crippen LogP contribution in [0.4, 0.5) is 0 Å². The lowest BCUT2D eigenvalue weighted by molar-refractivity contribution is -0.123. The molecule has 0 fully saturated rings. The van der Waals surface area contributed by atoms with Crippen LogP contribution in [0.2, 0.25) is 5.02 Å². The van der Waals surface area contributed by atoms with Crippen molar-refractivity contribution in [2.75, 3.05) is 13.2 Å². The fourth-order valence-electron chi connectivity index (χ4n) is 1.59. The Labute approximate surface area is 121 Å². The molecule has 0 aliphatic rings. The lowest BCUT2D eigenvalue weighted by Crippen LogP contribution is -2.30. The molecule has 0 spiro atoms. The Morgan fingerprint density at radius 3 is 3.00 bits per heavy atom. The molecule has 0 aliphatic carbocycles. The second-order valence-corrected chi connectivity index (χ2v) is 4.51. The Bertz CT molecular complexity index is 545. The molecule has 7 heteroatoms. The van der Waals surface area contributed by atoms with Gasteiger partial charge in [-0.25, -0.2) is 4.98 Å². The molecule has 1 heterocycles. The fraction of sp³-hybridized carbons (Fsp3) is 0.308. The topological polar surface area (TPSA) is 79.9 Å². The van der Waals surface area contributed by atoms with Crippen molar-refractivity contribution in [3.63, 3.8) is 0 Å². The predicted octanol–water partition coefficient (Wildman–Crippen LogP) is 1.59. The number of H-pyrrole nitrogens is 1. The van der Waals surface area contributed by atoms with Gasteiger partial charge in [-0.3, -0.25) is 9.89 Å². The minimum atomic E-state index is -0.178. The Morgan fingerprint density at radius 1 is 1.40 bits per heavy atom. The third-order valence-corrected chi connectivity index (χ3v) is 2.89. The molecule has 2 N–H and O–H groups in total. The van der Waals surface area contributed by atoms with Crippen LogP contribution in [-0.4, -0.2) is 34.2 Å². The summed E-state index contributed by atoms with van der Waals surface area (Å²) in [5.74, 6) is 1.14. The Hall–Kier alpha value is -2.08. The number of para-hydroxylation sites is 1. The molecular formula is C13H15ClN4O2. The van der Waals surface area contributed by atoms with Crippen molar-refractivity contribution < 1.29 is 9.53 Å². The van der Waals surface area contributed by atoms with Gasteiger partial charge in [0.05, 0.1) is 5.02 Å². The van der Waals surface area contributed by atoms with E-state index in [9.17, 15) is 4.79 Å². The average molecular weight is 295 g/mol. The van der Waals surface area contributed by atoms with Crippen LogP contribution in [-0.2, 0) is 11.2 Å². The predicted molar refractivity (Wildman–Crippen MR) is 74.7 cm³/mol. The summed E-state index contributed by atoms with van der Waals surface area (Å²) in [7, 11) is 0. The third-order valence-electron chi connectivity index (χ3n) is 2.57. The van der Waals surface area contributed by atoms with Gasteiger partial charge in [-0.2, -0.15) is 5.10 Å². The van der Waals surface area contributed by atoms with Crippen LogP contribution in [0.5, 0.6) is 5.75 Å². The average Bonchev–Trinajstić information content (AvgIpc) is 2.96. The summed E-state index contributed by atoms with van der Waals surface area (Å²) in [5.41, 5.74) is 0. The van der Waals surface area contributed by atoms with E-state index in [1.807, 2.05) is 0 Å². The maximum absolute atomic E-state index is 11.6. The zero-order valence-corrected chi connectivity index (χ0v) is 11.6. The zero-order chi connectivity index (χ0) is 14.2. The first kappa shape index (κ1) is 14.3. The quantitative estimate of drug-likeness (QED) is 0.760. The van der Waals surface area contributed by atoms with Crippen LogP contribution in [0.25, 0.3) is 0 Å². The monoisotopic (exact) mass is 294 g/mol. The molecule has 106 valence electrons. The van der Waals surface area contributed by atoms with Gasteiger partial charge in [-0.1, -0.05) is 23.7 Å². The smallest absolute Gasteiger partial charge is 0.257 e. The van der Waals surface area contributed by atoms with Gasteiger partial charge >= 0.3 is 0 Å². The molecule has 0 saturated carbocycles. The molecule has 0 saturated heterocycles. The second-order valence-electron chi connectivity index (χ2n) is 4.10. The van der Waals surface area contributed by atoms with E-state index in [4.69, 9.17) is 16.3 Å². The van der Waals surface area contributed by atoms with E-state index in [1.165, 1.54) is 6.33 Å². The number of aromatic nitrogens is 3. The lowest BCUT2D eigenvalue weighted by Gasteiger charge is -2.08. The Morgan fingerprint density at radius 2 is 2.25 bits per heavy atom. The molecule has 2 rings (SSSR count). The summed E-state index contributed by atoms with van der Waals surface area (Å²) in [6.07, 6.45) is 2.99. The number of rotatable bonds is 7. The van der Waals surface area contributed by atoms with Gasteiger partial charge in [0.25, 0.3) is 5.91 Å². The lowest BCUT2D eigenvalue weighted by atomic mass is 10.3. The number of carbonyl (C=O) groups excluding carboxylic acids is 1. The highest BCUT2D eigenvalue weighted by Gasteiger charge is 2.05. The van der Waals surface area contributed by atoms with Gasteiger partial charge < -0.3 is 10.1 Å². The number of ether oxygens (including phenoxy) is 1. The fourth-order valence-corrected chi connectivity index (χ4v) is 1.78.